The maximum absolute atomic E-state index is 5.79. The number of hydrogen-bond donors (Lipinski definition) is 0. The molecule has 1 unspecified atom stereocenters. The predicted molar refractivity (Wildman–Crippen MR) is 102 cm³/mol. The van der Waals surface area contributed by atoms with E-state index < -0.39 is 0 Å². The average Bonchev–Trinajstić information content (AvgIpc) is 3.17. The highest BCUT2D eigenvalue weighted by atomic mass is 16.3. The third-order valence-corrected chi connectivity index (χ3v) is 5.74. The number of fused-ring (bicyclic) bond motifs is 4. The first-order valence-electron chi connectivity index (χ1n) is 8.86. The Morgan fingerprint density at radius 1 is 0.960 bits per heavy atom. The van der Waals surface area contributed by atoms with E-state index in [2.05, 4.69) is 79.4 Å². The molecule has 0 saturated carbocycles. The molecule has 0 saturated heterocycles. The normalized spacial score (nSPS) is 20.3. The van der Waals surface area contributed by atoms with Gasteiger partial charge in [-0.05, 0) is 41.0 Å². The number of nitrogens with zero attached hydrogens (tertiary/aromatic N) is 1. The molecule has 0 spiro atoms. The lowest BCUT2D eigenvalue weighted by Crippen LogP contribution is -2.39. The minimum absolute atomic E-state index is 0.0521. The van der Waals surface area contributed by atoms with Gasteiger partial charge in [-0.1, -0.05) is 56.3 Å². The van der Waals surface area contributed by atoms with E-state index in [0.29, 0.717) is 6.04 Å². The van der Waals surface area contributed by atoms with Crippen molar-refractivity contribution in [3.63, 3.8) is 0 Å². The van der Waals surface area contributed by atoms with Gasteiger partial charge in [-0.15, -0.1) is 0 Å². The molecule has 1 aromatic heterocycles. The monoisotopic (exact) mass is 327 g/mol. The second-order valence-corrected chi connectivity index (χ2v) is 7.53. The van der Waals surface area contributed by atoms with Gasteiger partial charge in [0.1, 0.15) is 5.76 Å². The highest BCUT2D eigenvalue weighted by Crippen LogP contribution is 2.49. The maximum Gasteiger partial charge on any atom is 0.134 e. The largest absolute Gasteiger partial charge is 0.464 e. The van der Waals surface area contributed by atoms with Crippen molar-refractivity contribution in [3.8, 4) is 0 Å². The van der Waals surface area contributed by atoms with Crippen LogP contribution in [-0.2, 0) is 12.0 Å². The topological polar surface area (TPSA) is 16.4 Å². The number of hydrogen-bond acceptors (Lipinski definition) is 2. The molecule has 25 heavy (non-hydrogen) atoms. The summed E-state index contributed by atoms with van der Waals surface area (Å²) in [5, 5.41) is 0. The fourth-order valence-electron chi connectivity index (χ4n) is 4.45. The SMILES string of the molecule is CC1(C)c2ccccc2N2Cc3ccccc3C(c3ccco3)=CC21. The summed E-state index contributed by atoms with van der Waals surface area (Å²) < 4.78 is 5.79. The number of furan rings is 1. The molecule has 2 aliphatic heterocycles. The van der Waals surface area contributed by atoms with Crippen molar-refractivity contribution in [2.45, 2.75) is 31.8 Å². The van der Waals surface area contributed by atoms with Crippen LogP contribution in [0.4, 0.5) is 5.69 Å². The first-order chi connectivity index (χ1) is 12.2. The van der Waals surface area contributed by atoms with E-state index >= 15 is 0 Å². The summed E-state index contributed by atoms with van der Waals surface area (Å²) in [5.74, 6) is 0.945. The number of para-hydroxylation sites is 1. The Labute approximate surface area is 148 Å². The van der Waals surface area contributed by atoms with Crippen LogP contribution in [-0.4, -0.2) is 6.04 Å². The molecule has 2 nitrogen and oxygen atoms in total. The molecule has 3 aromatic rings. The molecule has 0 radical (unpaired) electrons. The smallest absolute Gasteiger partial charge is 0.134 e. The second kappa shape index (κ2) is 5.13. The number of rotatable bonds is 1. The third-order valence-electron chi connectivity index (χ3n) is 5.74. The molecule has 0 bridgehead atoms. The predicted octanol–water partition coefficient (Wildman–Crippen LogP) is 5.39. The van der Waals surface area contributed by atoms with Crippen molar-refractivity contribution in [1.29, 1.82) is 0 Å². The van der Waals surface area contributed by atoms with Gasteiger partial charge in [-0.3, -0.25) is 0 Å². The van der Waals surface area contributed by atoms with Crippen molar-refractivity contribution < 1.29 is 4.42 Å². The first kappa shape index (κ1) is 14.6. The Balaban J connectivity index is 1.77. The molecular weight excluding hydrogens is 306 g/mol. The van der Waals surface area contributed by atoms with Gasteiger partial charge in [-0.2, -0.15) is 0 Å². The summed E-state index contributed by atoms with van der Waals surface area (Å²) in [7, 11) is 0. The van der Waals surface area contributed by atoms with Crippen LogP contribution in [0.15, 0.2) is 77.4 Å². The molecule has 3 heterocycles. The van der Waals surface area contributed by atoms with E-state index in [9.17, 15) is 0 Å². The highest BCUT2D eigenvalue weighted by Gasteiger charge is 2.44. The highest BCUT2D eigenvalue weighted by molar-refractivity contribution is 5.82. The zero-order chi connectivity index (χ0) is 17.0. The van der Waals surface area contributed by atoms with Crippen LogP contribution >= 0.6 is 0 Å². The van der Waals surface area contributed by atoms with Gasteiger partial charge in [0.15, 0.2) is 0 Å². The first-order valence-corrected chi connectivity index (χ1v) is 8.86. The fraction of sp³-hybridized carbons (Fsp3) is 0.217. The quantitative estimate of drug-likeness (QED) is 0.596. The Morgan fingerprint density at radius 2 is 1.76 bits per heavy atom. The van der Waals surface area contributed by atoms with Crippen LogP contribution in [0.5, 0.6) is 0 Å². The summed E-state index contributed by atoms with van der Waals surface area (Å²) in [6, 6.07) is 21.9. The molecule has 124 valence electrons. The van der Waals surface area contributed by atoms with E-state index in [-0.39, 0.29) is 5.41 Å². The van der Waals surface area contributed by atoms with Crippen LogP contribution in [0, 0.1) is 0 Å². The lowest BCUT2D eigenvalue weighted by atomic mass is 9.79. The van der Waals surface area contributed by atoms with Gasteiger partial charge < -0.3 is 9.32 Å². The fourth-order valence-corrected chi connectivity index (χ4v) is 4.45. The Hall–Kier alpha value is -2.74. The average molecular weight is 327 g/mol. The van der Waals surface area contributed by atoms with Gasteiger partial charge in [0.05, 0.1) is 12.3 Å². The molecule has 0 N–H and O–H groups in total. The Kier molecular flexibility index (Phi) is 2.99. The van der Waals surface area contributed by atoms with Crippen molar-refractivity contribution in [2.75, 3.05) is 4.90 Å². The summed E-state index contributed by atoms with van der Waals surface area (Å²) in [6.07, 6.45) is 4.17. The van der Waals surface area contributed by atoms with Gasteiger partial charge in [-0.25, -0.2) is 0 Å². The van der Waals surface area contributed by atoms with Crippen molar-refractivity contribution in [3.05, 3.63) is 95.5 Å². The standard InChI is InChI=1S/C23H21NO/c1-23(2)19-10-5-6-11-20(19)24-15-16-8-3-4-9-17(16)18(14-22(23)24)21-12-7-13-25-21/h3-14,22H,15H2,1-2H3. The van der Waals surface area contributed by atoms with E-state index in [4.69, 9.17) is 4.42 Å². The van der Waals surface area contributed by atoms with Crippen molar-refractivity contribution in [2.24, 2.45) is 0 Å². The van der Waals surface area contributed by atoms with Crippen LogP contribution in [0.2, 0.25) is 0 Å². The lowest BCUT2D eigenvalue weighted by molar-refractivity contribution is 0.475. The summed E-state index contributed by atoms with van der Waals surface area (Å²) >= 11 is 0. The molecule has 0 amide bonds. The molecule has 2 aliphatic rings. The van der Waals surface area contributed by atoms with E-state index in [0.717, 1.165) is 12.3 Å². The summed E-state index contributed by atoms with van der Waals surface area (Å²) in [4.78, 5) is 2.55. The molecule has 1 atom stereocenters. The van der Waals surface area contributed by atoms with E-state index in [1.54, 1.807) is 6.26 Å². The van der Waals surface area contributed by atoms with Crippen molar-refractivity contribution in [1.82, 2.24) is 0 Å². The summed E-state index contributed by atoms with van der Waals surface area (Å²) in [5.41, 5.74) is 6.66. The molecule has 0 aliphatic carbocycles. The minimum atomic E-state index is 0.0521. The summed E-state index contributed by atoms with van der Waals surface area (Å²) in [6.45, 7) is 5.62. The Bertz CT molecular complexity index is 965. The molecule has 5 rings (SSSR count). The van der Waals surface area contributed by atoms with Gasteiger partial charge >= 0.3 is 0 Å². The van der Waals surface area contributed by atoms with Crippen molar-refractivity contribution >= 4 is 11.3 Å². The van der Waals surface area contributed by atoms with Gasteiger partial charge in [0, 0.05) is 23.2 Å². The van der Waals surface area contributed by atoms with Crippen LogP contribution in [0.3, 0.4) is 0 Å². The Morgan fingerprint density at radius 3 is 2.60 bits per heavy atom. The van der Waals surface area contributed by atoms with Gasteiger partial charge in [0.25, 0.3) is 0 Å². The second-order valence-electron chi connectivity index (χ2n) is 7.53. The zero-order valence-electron chi connectivity index (χ0n) is 14.6. The number of benzene rings is 2. The third kappa shape index (κ3) is 2.03. The molecular formula is C23H21NO. The molecule has 2 heteroatoms. The zero-order valence-corrected chi connectivity index (χ0v) is 14.6. The molecule has 2 aromatic carbocycles. The van der Waals surface area contributed by atoms with E-state index in [1.807, 2.05) is 6.07 Å². The molecule has 0 fully saturated rings. The minimum Gasteiger partial charge on any atom is -0.464 e. The van der Waals surface area contributed by atoms with Crippen LogP contribution in [0.1, 0.15) is 36.3 Å². The van der Waals surface area contributed by atoms with Crippen LogP contribution in [0.25, 0.3) is 5.57 Å². The van der Waals surface area contributed by atoms with Gasteiger partial charge in [0.2, 0.25) is 0 Å². The number of anilines is 1. The lowest BCUT2D eigenvalue weighted by Gasteiger charge is -2.31. The van der Waals surface area contributed by atoms with E-state index in [1.165, 1.54) is 28.0 Å². The maximum atomic E-state index is 5.79. The van der Waals surface area contributed by atoms with Crippen LogP contribution < -0.4 is 4.90 Å².